The van der Waals surface area contributed by atoms with Gasteiger partial charge < -0.3 is 29.9 Å². The van der Waals surface area contributed by atoms with Gasteiger partial charge in [0.15, 0.2) is 0 Å². The lowest BCUT2D eigenvalue weighted by Crippen LogP contribution is -2.18. The molecule has 8 heteroatoms. The van der Waals surface area contributed by atoms with Gasteiger partial charge in [-0.3, -0.25) is 0 Å². The zero-order valence-corrected chi connectivity index (χ0v) is 22.3. The quantitative estimate of drug-likeness (QED) is 0.0543. The van der Waals surface area contributed by atoms with Crippen LogP contribution in [0.3, 0.4) is 0 Å². The van der Waals surface area contributed by atoms with Gasteiger partial charge in [0.1, 0.15) is 0 Å². The average Bonchev–Trinajstić information content (AvgIpc) is 2.85. The SMILES string of the molecule is O=C(/C=C/C(=O)OC(O)CCCCCCCCCCCO)OC(O)CCCCCCCCCCCO. The number of hydrogen-bond donors (Lipinski definition) is 4. The van der Waals surface area contributed by atoms with Crippen molar-refractivity contribution < 1.29 is 39.5 Å². The van der Waals surface area contributed by atoms with E-state index in [0.29, 0.717) is 12.8 Å². The van der Waals surface area contributed by atoms with Crippen LogP contribution in [-0.4, -0.2) is 58.2 Å². The Morgan fingerprint density at radius 2 is 0.722 bits per heavy atom. The summed E-state index contributed by atoms with van der Waals surface area (Å²) in [5.74, 6) is -1.65. The normalized spacial score (nSPS) is 13.1. The lowest BCUT2D eigenvalue weighted by molar-refractivity contribution is -0.165. The van der Waals surface area contributed by atoms with Crippen LogP contribution in [-0.2, 0) is 19.1 Å². The van der Waals surface area contributed by atoms with E-state index in [1.54, 1.807) is 0 Å². The van der Waals surface area contributed by atoms with Gasteiger partial charge in [0, 0.05) is 38.2 Å². The van der Waals surface area contributed by atoms with Crippen molar-refractivity contribution in [2.75, 3.05) is 13.2 Å². The Kier molecular flexibility index (Phi) is 25.5. The van der Waals surface area contributed by atoms with Gasteiger partial charge in [-0.05, 0) is 25.7 Å². The second-order valence-electron chi connectivity index (χ2n) is 9.50. The predicted octanol–water partition coefficient (Wildman–Crippen LogP) is 5.05. The van der Waals surface area contributed by atoms with E-state index in [0.717, 1.165) is 102 Å². The van der Waals surface area contributed by atoms with Gasteiger partial charge >= 0.3 is 11.9 Å². The highest BCUT2D eigenvalue weighted by atomic mass is 16.6. The first kappa shape index (κ1) is 34.5. The third-order valence-electron chi connectivity index (χ3n) is 6.08. The molecule has 2 unspecified atom stereocenters. The molecule has 0 fully saturated rings. The molecule has 0 radical (unpaired) electrons. The number of carbonyl (C=O) groups excluding carboxylic acids is 2. The van der Waals surface area contributed by atoms with Crippen LogP contribution in [0.4, 0.5) is 0 Å². The van der Waals surface area contributed by atoms with Gasteiger partial charge in [-0.1, -0.05) is 89.9 Å². The molecular formula is C28H52O8. The van der Waals surface area contributed by atoms with Gasteiger partial charge in [0.2, 0.25) is 12.6 Å². The minimum Gasteiger partial charge on any atom is -0.433 e. The van der Waals surface area contributed by atoms with Crippen molar-refractivity contribution in [2.24, 2.45) is 0 Å². The zero-order chi connectivity index (χ0) is 26.7. The van der Waals surface area contributed by atoms with Crippen molar-refractivity contribution in [1.82, 2.24) is 0 Å². The van der Waals surface area contributed by atoms with E-state index in [1.165, 1.54) is 25.7 Å². The fourth-order valence-electron chi connectivity index (χ4n) is 3.94. The van der Waals surface area contributed by atoms with Crippen molar-refractivity contribution >= 4 is 11.9 Å². The van der Waals surface area contributed by atoms with Gasteiger partial charge in [-0.2, -0.15) is 0 Å². The Morgan fingerprint density at radius 3 is 1.00 bits per heavy atom. The second kappa shape index (κ2) is 26.6. The van der Waals surface area contributed by atoms with E-state index >= 15 is 0 Å². The molecule has 212 valence electrons. The number of rotatable bonds is 26. The minimum absolute atomic E-state index is 0.269. The molecule has 0 aliphatic rings. The van der Waals surface area contributed by atoms with Crippen molar-refractivity contribution in [3.8, 4) is 0 Å². The zero-order valence-electron chi connectivity index (χ0n) is 22.3. The molecule has 0 aliphatic heterocycles. The maximum Gasteiger partial charge on any atom is 0.333 e. The maximum absolute atomic E-state index is 11.7. The second-order valence-corrected chi connectivity index (χ2v) is 9.50. The average molecular weight is 517 g/mol. The third kappa shape index (κ3) is 25.6. The molecule has 0 aromatic carbocycles. The van der Waals surface area contributed by atoms with Crippen LogP contribution in [0.2, 0.25) is 0 Å². The third-order valence-corrected chi connectivity index (χ3v) is 6.08. The molecule has 0 spiro atoms. The van der Waals surface area contributed by atoms with Crippen LogP contribution in [0.15, 0.2) is 12.2 Å². The summed E-state index contributed by atoms with van der Waals surface area (Å²) in [7, 11) is 0. The molecule has 0 saturated carbocycles. The Bertz CT molecular complexity index is 492. The highest BCUT2D eigenvalue weighted by Gasteiger charge is 2.11. The van der Waals surface area contributed by atoms with E-state index in [2.05, 4.69) is 0 Å². The predicted molar refractivity (Wildman–Crippen MR) is 140 cm³/mol. The fourth-order valence-corrected chi connectivity index (χ4v) is 3.94. The lowest BCUT2D eigenvalue weighted by Gasteiger charge is -2.11. The molecule has 0 aromatic heterocycles. The van der Waals surface area contributed by atoms with Crippen LogP contribution in [0, 0.1) is 0 Å². The molecule has 0 heterocycles. The highest BCUT2D eigenvalue weighted by Crippen LogP contribution is 2.13. The summed E-state index contributed by atoms with van der Waals surface area (Å²) in [5, 5.41) is 37.1. The summed E-state index contributed by atoms with van der Waals surface area (Å²) in [6, 6.07) is 0. The Labute approximate surface area is 218 Å². The molecule has 0 bridgehead atoms. The van der Waals surface area contributed by atoms with E-state index in [4.69, 9.17) is 19.7 Å². The van der Waals surface area contributed by atoms with Crippen LogP contribution >= 0.6 is 0 Å². The van der Waals surface area contributed by atoms with Gasteiger partial charge in [0.25, 0.3) is 0 Å². The first-order valence-electron chi connectivity index (χ1n) is 14.2. The van der Waals surface area contributed by atoms with Crippen LogP contribution in [0.1, 0.15) is 128 Å². The smallest absolute Gasteiger partial charge is 0.333 e. The minimum atomic E-state index is -1.21. The fraction of sp³-hybridized carbons (Fsp3) is 0.857. The maximum atomic E-state index is 11.7. The number of carbonyl (C=O) groups is 2. The molecule has 0 amide bonds. The van der Waals surface area contributed by atoms with Crippen molar-refractivity contribution in [1.29, 1.82) is 0 Å². The standard InChI is InChI=1S/C28H52O8/c29-23-17-13-9-5-1-3-7-11-15-19-25(31)35-27(33)21-22-28(34)36-26(32)20-16-12-8-4-2-6-10-14-18-24-30/h21-22,25-26,29-32H,1-20,23-24H2/b22-21+. The summed E-state index contributed by atoms with van der Waals surface area (Å²) in [6.07, 6.45) is 18.8. The van der Waals surface area contributed by atoms with Crippen LogP contribution in [0.25, 0.3) is 0 Å². The van der Waals surface area contributed by atoms with Crippen molar-refractivity contribution in [3.05, 3.63) is 12.2 Å². The monoisotopic (exact) mass is 516 g/mol. The lowest BCUT2D eigenvalue weighted by atomic mass is 10.1. The van der Waals surface area contributed by atoms with Gasteiger partial charge in [-0.25, -0.2) is 9.59 Å². The molecule has 36 heavy (non-hydrogen) atoms. The van der Waals surface area contributed by atoms with Crippen molar-refractivity contribution in [2.45, 2.75) is 141 Å². The van der Waals surface area contributed by atoms with Gasteiger partial charge in [0.05, 0.1) is 0 Å². The summed E-state index contributed by atoms with van der Waals surface area (Å²) in [4.78, 5) is 23.5. The number of hydrogen-bond acceptors (Lipinski definition) is 8. The van der Waals surface area contributed by atoms with Gasteiger partial charge in [-0.15, -0.1) is 0 Å². The Hall–Kier alpha value is -1.48. The molecular weight excluding hydrogens is 464 g/mol. The van der Waals surface area contributed by atoms with E-state index < -0.39 is 24.5 Å². The number of esters is 2. The summed E-state index contributed by atoms with van der Waals surface area (Å²) in [6.45, 7) is 0.538. The number of aliphatic hydroxyl groups is 4. The molecule has 0 saturated heterocycles. The molecule has 0 aromatic rings. The summed E-state index contributed by atoms with van der Waals surface area (Å²) >= 11 is 0. The first-order valence-corrected chi connectivity index (χ1v) is 14.2. The molecule has 0 rings (SSSR count). The van der Waals surface area contributed by atoms with E-state index in [1.807, 2.05) is 0 Å². The molecule has 4 N–H and O–H groups in total. The number of aliphatic hydroxyl groups excluding tert-OH is 4. The topological polar surface area (TPSA) is 134 Å². The summed E-state index contributed by atoms with van der Waals surface area (Å²) < 4.78 is 9.71. The summed E-state index contributed by atoms with van der Waals surface area (Å²) in [5.41, 5.74) is 0. The number of ether oxygens (including phenoxy) is 2. The molecule has 2 atom stereocenters. The Morgan fingerprint density at radius 1 is 0.472 bits per heavy atom. The Balaban J connectivity index is 3.67. The first-order chi connectivity index (χ1) is 17.5. The molecule has 8 nitrogen and oxygen atoms in total. The highest BCUT2D eigenvalue weighted by molar-refractivity contribution is 5.91. The number of unbranched alkanes of at least 4 members (excludes halogenated alkanes) is 16. The molecule has 0 aliphatic carbocycles. The van der Waals surface area contributed by atoms with Crippen LogP contribution < -0.4 is 0 Å². The van der Waals surface area contributed by atoms with Crippen molar-refractivity contribution in [3.63, 3.8) is 0 Å². The largest absolute Gasteiger partial charge is 0.433 e. The van der Waals surface area contributed by atoms with Crippen LogP contribution in [0.5, 0.6) is 0 Å². The van der Waals surface area contributed by atoms with E-state index in [-0.39, 0.29) is 13.2 Å². The van der Waals surface area contributed by atoms with E-state index in [9.17, 15) is 19.8 Å².